The summed E-state index contributed by atoms with van der Waals surface area (Å²) >= 11 is 1.50. The lowest BCUT2D eigenvalue weighted by Crippen LogP contribution is -2.26. The monoisotopic (exact) mass is 284 g/mol. The lowest BCUT2D eigenvalue weighted by Gasteiger charge is -2.03. The first kappa shape index (κ1) is 13.6. The van der Waals surface area contributed by atoms with Crippen molar-refractivity contribution in [3.63, 3.8) is 0 Å². The minimum absolute atomic E-state index is 0.262. The Morgan fingerprint density at radius 2 is 2.28 bits per heavy atom. The molecule has 1 aliphatic rings. The van der Waals surface area contributed by atoms with Gasteiger partial charge in [-0.2, -0.15) is 0 Å². The summed E-state index contributed by atoms with van der Waals surface area (Å²) in [5.41, 5.74) is 6.18. The number of sulfonamides is 1. The first-order chi connectivity index (χ1) is 8.59. The van der Waals surface area contributed by atoms with Crippen LogP contribution in [-0.4, -0.2) is 20.7 Å². The molecule has 0 bridgehead atoms. The summed E-state index contributed by atoms with van der Waals surface area (Å²) in [5, 5.41) is 1.91. The molecule has 98 valence electrons. The average Bonchev–Trinajstić information content (AvgIpc) is 3.00. The minimum atomic E-state index is -3.12. The SMILES string of the molecule is NCC#Cc1csc(CNS(=O)(=O)CC2CC2)c1. The third kappa shape index (κ3) is 4.42. The third-order valence-electron chi connectivity index (χ3n) is 2.61. The molecule has 2 rings (SSSR count). The van der Waals surface area contributed by atoms with Crippen molar-refractivity contribution in [2.75, 3.05) is 12.3 Å². The molecular formula is C12H16N2O2S2. The molecular weight excluding hydrogens is 268 g/mol. The van der Waals surface area contributed by atoms with E-state index in [-0.39, 0.29) is 5.75 Å². The number of nitrogens with two attached hydrogens (primary N) is 1. The van der Waals surface area contributed by atoms with Gasteiger partial charge in [0.05, 0.1) is 12.3 Å². The predicted octanol–water partition coefficient (Wildman–Crippen LogP) is 0.888. The molecule has 0 spiro atoms. The van der Waals surface area contributed by atoms with Crippen molar-refractivity contribution < 1.29 is 8.42 Å². The van der Waals surface area contributed by atoms with Crippen molar-refractivity contribution in [2.45, 2.75) is 19.4 Å². The smallest absolute Gasteiger partial charge is 0.212 e. The second-order valence-corrected chi connectivity index (χ2v) is 7.20. The fourth-order valence-electron chi connectivity index (χ4n) is 1.53. The Hall–Kier alpha value is -0.870. The predicted molar refractivity (Wildman–Crippen MR) is 73.6 cm³/mol. The van der Waals surface area contributed by atoms with Gasteiger partial charge in [0.1, 0.15) is 0 Å². The zero-order chi connectivity index (χ0) is 13.0. The molecule has 1 aromatic heterocycles. The average molecular weight is 284 g/mol. The summed E-state index contributed by atoms with van der Waals surface area (Å²) in [5.74, 6) is 6.33. The van der Waals surface area contributed by atoms with E-state index in [1.165, 1.54) is 11.3 Å². The van der Waals surface area contributed by atoms with E-state index in [0.717, 1.165) is 23.3 Å². The van der Waals surface area contributed by atoms with E-state index in [9.17, 15) is 8.42 Å². The number of nitrogens with one attached hydrogen (secondary N) is 1. The molecule has 0 aliphatic heterocycles. The summed E-state index contributed by atoms with van der Waals surface area (Å²) in [6, 6.07) is 1.90. The van der Waals surface area contributed by atoms with Crippen LogP contribution in [0.5, 0.6) is 0 Å². The van der Waals surface area contributed by atoms with Gasteiger partial charge in [-0.3, -0.25) is 0 Å². The molecule has 0 aromatic carbocycles. The molecule has 1 fully saturated rings. The van der Waals surface area contributed by atoms with Crippen molar-refractivity contribution >= 4 is 21.4 Å². The van der Waals surface area contributed by atoms with Gasteiger partial charge < -0.3 is 5.73 Å². The first-order valence-corrected chi connectivity index (χ1v) is 8.36. The highest BCUT2D eigenvalue weighted by Crippen LogP contribution is 2.30. The fourth-order valence-corrected chi connectivity index (χ4v) is 3.82. The van der Waals surface area contributed by atoms with Crippen LogP contribution in [0.15, 0.2) is 11.4 Å². The summed E-state index contributed by atoms with van der Waals surface area (Å²) in [7, 11) is -3.12. The van der Waals surface area contributed by atoms with E-state index < -0.39 is 10.0 Å². The van der Waals surface area contributed by atoms with Crippen molar-refractivity contribution in [2.24, 2.45) is 11.7 Å². The largest absolute Gasteiger partial charge is 0.320 e. The van der Waals surface area contributed by atoms with Crippen molar-refractivity contribution in [3.05, 3.63) is 21.9 Å². The quantitative estimate of drug-likeness (QED) is 0.789. The Bertz CT molecular complexity index is 562. The molecule has 0 unspecified atom stereocenters. The van der Waals surface area contributed by atoms with E-state index in [1.54, 1.807) is 0 Å². The first-order valence-electron chi connectivity index (χ1n) is 5.83. The van der Waals surface area contributed by atoms with Crippen LogP contribution in [0.2, 0.25) is 0 Å². The van der Waals surface area contributed by atoms with E-state index in [4.69, 9.17) is 5.73 Å². The van der Waals surface area contributed by atoms with Crippen LogP contribution < -0.4 is 10.5 Å². The van der Waals surface area contributed by atoms with E-state index >= 15 is 0 Å². The van der Waals surface area contributed by atoms with Crippen LogP contribution in [0.1, 0.15) is 23.3 Å². The molecule has 0 radical (unpaired) electrons. The van der Waals surface area contributed by atoms with Crippen molar-refractivity contribution in [1.82, 2.24) is 4.72 Å². The summed E-state index contributed by atoms with van der Waals surface area (Å²) in [6.07, 6.45) is 2.08. The Kier molecular flexibility index (Phi) is 4.40. The number of thiophene rings is 1. The molecule has 1 saturated carbocycles. The molecule has 1 heterocycles. The topological polar surface area (TPSA) is 72.2 Å². The van der Waals surface area contributed by atoms with Crippen LogP contribution in [0.4, 0.5) is 0 Å². The highest BCUT2D eigenvalue weighted by atomic mass is 32.2. The van der Waals surface area contributed by atoms with Crippen molar-refractivity contribution in [3.8, 4) is 11.8 Å². The van der Waals surface area contributed by atoms with Crippen LogP contribution in [0, 0.1) is 17.8 Å². The normalized spacial score (nSPS) is 15.2. The Morgan fingerprint density at radius 1 is 1.50 bits per heavy atom. The molecule has 0 saturated heterocycles. The van der Waals surface area contributed by atoms with Crippen LogP contribution in [-0.2, 0) is 16.6 Å². The molecule has 1 aromatic rings. The second kappa shape index (κ2) is 5.85. The van der Waals surface area contributed by atoms with Crippen LogP contribution in [0.3, 0.4) is 0 Å². The van der Waals surface area contributed by atoms with Crippen molar-refractivity contribution in [1.29, 1.82) is 0 Å². The zero-order valence-electron chi connectivity index (χ0n) is 9.98. The van der Waals surface area contributed by atoms with Gasteiger partial charge in [-0.25, -0.2) is 13.1 Å². The van der Waals surface area contributed by atoms with Crippen LogP contribution in [0.25, 0.3) is 0 Å². The molecule has 18 heavy (non-hydrogen) atoms. The zero-order valence-corrected chi connectivity index (χ0v) is 11.6. The Morgan fingerprint density at radius 3 is 2.94 bits per heavy atom. The standard InChI is InChI=1S/C12H16N2O2S2/c13-5-1-2-11-6-12(17-8-11)7-14-18(15,16)9-10-3-4-10/h6,8,10,14H,3-5,7,9,13H2. The third-order valence-corrected chi connectivity index (χ3v) is 5.04. The number of hydrogen-bond acceptors (Lipinski definition) is 4. The summed E-state index contributed by atoms with van der Waals surface area (Å²) < 4.78 is 26.0. The highest BCUT2D eigenvalue weighted by molar-refractivity contribution is 7.89. The summed E-state index contributed by atoms with van der Waals surface area (Å²) in [4.78, 5) is 0.968. The highest BCUT2D eigenvalue weighted by Gasteiger charge is 2.27. The van der Waals surface area contributed by atoms with Gasteiger partial charge >= 0.3 is 0 Å². The molecule has 3 N–H and O–H groups in total. The number of rotatable bonds is 5. The molecule has 4 nitrogen and oxygen atoms in total. The van der Waals surface area contributed by atoms with E-state index in [0.29, 0.717) is 19.0 Å². The van der Waals surface area contributed by atoms with Gasteiger partial charge in [-0.1, -0.05) is 11.8 Å². The van der Waals surface area contributed by atoms with E-state index in [1.807, 2.05) is 11.4 Å². The molecule has 0 amide bonds. The maximum Gasteiger partial charge on any atom is 0.212 e. The van der Waals surface area contributed by atoms with Gasteiger partial charge in [-0.15, -0.1) is 11.3 Å². The lowest BCUT2D eigenvalue weighted by atomic mass is 10.3. The van der Waals surface area contributed by atoms with Crippen LogP contribution >= 0.6 is 11.3 Å². The Labute approximate surface area is 112 Å². The fraction of sp³-hybridized carbons (Fsp3) is 0.500. The van der Waals surface area contributed by atoms with Gasteiger partial charge in [0.2, 0.25) is 10.0 Å². The Balaban J connectivity index is 1.87. The van der Waals surface area contributed by atoms with E-state index in [2.05, 4.69) is 16.6 Å². The second-order valence-electron chi connectivity index (χ2n) is 4.35. The minimum Gasteiger partial charge on any atom is -0.320 e. The van der Waals surface area contributed by atoms with Gasteiger partial charge in [0.25, 0.3) is 0 Å². The van der Waals surface area contributed by atoms with Gasteiger partial charge in [0.15, 0.2) is 0 Å². The lowest BCUT2D eigenvalue weighted by molar-refractivity contribution is 0.578. The maximum absolute atomic E-state index is 11.7. The molecule has 0 atom stereocenters. The van der Waals surface area contributed by atoms with Gasteiger partial charge in [0, 0.05) is 22.4 Å². The maximum atomic E-state index is 11.7. The number of hydrogen-bond donors (Lipinski definition) is 2. The molecule has 6 heteroatoms. The van der Waals surface area contributed by atoms with Gasteiger partial charge in [-0.05, 0) is 24.8 Å². The summed E-state index contributed by atoms with van der Waals surface area (Å²) in [6.45, 7) is 0.684. The molecule has 1 aliphatic carbocycles.